The average molecular weight is 382 g/mol. The van der Waals surface area contributed by atoms with Crippen LogP contribution in [0.5, 0.6) is 0 Å². The molecule has 0 heterocycles. The minimum Gasteiger partial charge on any atom is -0.481 e. The maximum Gasteiger partial charge on any atom is 0.318 e. The first-order valence-corrected chi connectivity index (χ1v) is 9.69. The van der Waals surface area contributed by atoms with Gasteiger partial charge in [-0.2, -0.15) is 11.8 Å². The second-order valence-corrected chi connectivity index (χ2v) is 7.14. The molecule has 0 aliphatic carbocycles. The summed E-state index contributed by atoms with van der Waals surface area (Å²) in [5.74, 6) is -1.24. The zero-order valence-electron chi connectivity index (χ0n) is 14.8. The second kappa shape index (κ2) is 10.4. The van der Waals surface area contributed by atoms with E-state index in [-0.39, 0.29) is 12.2 Å². The number of carboxylic acid groups (broad SMARTS) is 2. The lowest BCUT2D eigenvalue weighted by Crippen LogP contribution is -2.29. The lowest BCUT2D eigenvalue weighted by Gasteiger charge is -2.22. The molecule has 0 amide bonds. The van der Waals surface area contributed by atoms with Crippen molar-refractivity contribution in [3.05, 3.63) is 83.9 Å². The molecule has 0 atom stereocenters. The van der Waals surface area contributed by atoms with Crippen LogP contribution in [0.3, 0.4) is 0 Å². The number of aliphatic carboxylic acids is 2. The highest BCUT2D eigenvalue weighted by atomic mass is 32.2. The second-order valence-electron chi connectivity index (χ2n) is 6.03. The van der Waals surface area contributed by atoms with Crippen molar-refractivity contribution in [1.29, 1.82) is 0 Å². The van der Waals surface area contributed by atoms with E-state index in [1.165, 1.54) is 11.8 Å². The van der Waals surface area contributed by atoms with Gasteiger partial charge < -0.3 is 10.2 Å². The van der Waals surface area contributed by atoms with Crippen LogP contribution in [0.4, 0.5) is 0 Å². The molecule has 2 aromatic carbocycles. The van der Waals surface area contributed by atoms with Crippen LogP contribution in [0.25, 0.3) is 12.2 Å². The van der Waals surface area contributed by atoms with E-state index >= 15 is 0 Å². The quantitative estimate of drug-likeness (QED) is 0.583. The van der Waals surface area contributed by atoms with Gasteiger partial charge in [-0.25, -0.2) is 0 Å². The molecule has 0 saturated carbocycles. The fourth-order valence-corrected chi connectivity index (χ4v) is 3.49. The molecule has 0 radical (unpaired) electrons. The van der Waals surface area contributed by atoms with Gasteiger partial charge in [0, 0.05) is 11.5 Å². The highest BCUT2D eigenvalue weighted by Gasteiger charge is 2.33. The molecule has 5 heteroatoms. The van der Waals surface area contributed by atoms with Gasteiger partial charge in [0.25, 0.3) is 0 Å². The maximum atomic E-state index is 12.2. The van der Waals surface area contributed by atoms with Crippen LogP contribution in [-0.2, 0) is 9.59 Å². The summed E-state index contributed by atoms with van der Waals surface area (Å²) in [4.78, 5) is 22.9. The number of carboxylic acids is 2. The van der Waals surface area contributed by atoms with Gasteiger partial charge in [-0.3, -0.25) is 9.59 Å². The summed E-state index contributed by atoms with van der Waals surface area (Å²) >= 11 is 1.32. The average Bonchev–Trinajstić information content (AvgIpc) is 2.68. The third-order valence-corrected chi connectivity index (χ3v) is 5.12. The van der Waals surface area contributed by atoms with Crippen molar-refractivity contribution < 1.29 is 19.8 Å². The Morgan fingerprint density at radius 2 is 1.33 bits per heavy atom. The largest absolute Gasteiger partial charge is 0.481 e. The van der Waals surface area contributed by atoms with E-state index in [1.54, 1.807) is 24.3 Å². The summed E-state index contributed by atoms with van der Waals surface area (Å²) in [6.07, 6.45) is 6.95. The van der Waals surface area contributed by atoms with E-state index in [0.29, 0.717) is 5.75 Å². The van der Waals surface area contributed by atoms with Gasteiger partial charge in [-0.15, -0.1) is 0 Å². The first kappa shape index (κ1) is 20.5. The Morgan fingerprint density at radius 3 is 1.74 bits per heavy atom. The molecule has 2 aromatic rings. The zero-order chi connectivity index (χ0) is 19.5. The Kier molecular flexibility index (Phi) is 7.89. The van der Waals surface area contributed by atoms with E-state index in [0.717, 1.165) is 11.1 Å². The first-order chi connectivity index (χ1) is 13.0. The predicted octanol–water partition coefficient (Wildman–Crippen LogP) is 4.69. The van der Waals surface area contributed by atoms with Crippen LogP contribution in [0.2, 0.25) is 0 Å². The van der Waals surface area contributed by atoms with Crippen LogP contribution < -0.4 is 0 Å². The molecule has 0 unspecified atom stereocenters. The number of hydrogen-bond donors (Lipinski definition) is 2. The van der Waals surface area contributed by atoms with Crippen molar-refractivity contribution in [3.8, 4) is 0 Å². The smallest absolute Gasteiger partial charge is 0.318 e. The zero-order valence-corrected chi connectivity index (χ0v) is 15.6. The highest BCUT2D eigenvalue weighted by Crippen LogP contribution is 2.30. The summed E-state index contributed by atoms with van der Waals surface area (Å²) in [5, 5.41) is 18.8. The molecular weight excluding hydrogens is 360 g/mol. The molecule has 0 fully saturated rings. The monoisotopic (exact) mass is 382 g/mol. The standard InChI is InChI=1S/C22H22O4S/c23-20(24)13-16-27-17-22(21(25)26,14-11-18-7-3-1-4-8-18)15-12-19-9-5-2-6-10-19/h1-12,14-15H,13,16-17H2,(H,23,24)(H,25,26). The minimum absolute atomic E-state index is 0.00512. The van der Waals surface area contributed by atoms with E-state index in [2.05, 4.69) is 0 Å². The summed E-state index contributed by atoms with van der Waals surface area (Å²) in [6.45, 7) is 0. The fraction of sp³-hybridized carbons (Fsp3) is 0.182. The number of thioether (sulfide) groups is 1. The highest BCUT2D eigenvalue weighted by molar-refractivity contribution is 7.99. The number of carbonyl (C=O) groups is 2. The van der Waals surface area contributed by atoms with Gasteiger partial charge in [0.2, 0.25) is 0 Å². The van der Waals surface area contributed by atoms with Crippen molar-refractivity contribution in [2.24, 2.45) is 5.41 Å². The summed E-state index contributed by atoms with van der Waals surface area (Å²) in [5.41, 5.74) is 0.591. The Labute approximate surface area is 163 Å². The molecule has 0 bridgehead atoms. The van der Waals surface area contributed by atoms with Crippen molar-refractivity contribution in [3.63, 3.8) is 0 Å². The summed E-state index contributed by atoms with van der Waals surface area (Å²) in [6, 6.07) is 19.0. The van der Waals surface area contributed by atoms with Gasteiger partial charge in [0.05, 0.1) is 6.42 Å². The molecule has 2 N–H and O–H groups in total. The third kappa shape index (κ3) is 6.79. The molecule has 0 aliphatic rings. The van der Waals surface area contributed by atoms with Crippen molar-refractivity contribution >= 4 is 35.9 Å². The van der Waals surface area contributed by atoms with Gasteiger partial charge in [-0.05, 0) is 11.1 Å². The topological polar surface area (TPSA) is 74.6 Å². The first-order valence-electron chi connectivity index (χ1n) is 8.53. The summed E-state index contributed by atoms with van der Waals surface area (Å²) < 4.78 is 0. The maximum absolute atomic E-state index is 12.2. The SMILES string of the molecule is O=C(O)CCSCC(C=Cc1ccccc1)(C=Cc1ccccc1)C(=O)O. The van der Waals surface area contributed by atoms with Crippen molar-refractivity contribution in [2.75, 3.05) is 11.5 Å². The van der Waals surface area contributed by atoms with Crippen molar-refractivity contribution in [1.82, 2.24) is 0 Å². The van der Waals surface area contributed by atoms with Gasteiger partial charge in [0.15, 0.2) is 0 Å². The third-order valence-electron chi connectivity index (χ3n) is 3.94. The fourth-order valence-electron chi connectivity index (χ4n) is 2.37. The normalized spacial score (nSPS) is 13.6. The van der Waals surface area contributed by atoms with E-state index in [9.17, 15) is 14.7 Å². The van der Waals surface area contributed by atoms with Crippen LogP contribution in [0.1, 0.15) is 17.5 Å². The van der Waals surface area contributed by atoms with Gasteiger partial charge in [-0.1, -0.05) is 85.0 Å². The van der Waals surface area contributed by atoms with E-state index in [4.69, 9.17) is 5.11 Å². The molecule has 140 valence electrons. The molecule has 0 aliphatic heterocycles. The molecule has 0 aromatic heterocycles. The number of benzene rings is 2. The van der Waals surface area contributed by atoms with Crippen LogP contribution in [0.15, 0.2) is 72.8 Å². The number of rotatable bonds is 10. The van der Waals surface area contributed by atoms with Gasteiger partial charge in [0.1, 0.15) is 5.41 Å². The van der Waals surface area contributed by atoms with Crippen LogP contribution >= 0.6 is 11.8 Å². The Bertz CT molecular complexity index is 748. The van der Waals surface area contributed by atoms with Gasteiger partial charge >= 0.3 is 11.9 Å². The van der Waals surface area contributed by atoms with E-state index < -0.39 is 17.4 Å². The van der Waals surface area contributed by atoms with Crippen LogP contribution in [0, 0.1) is 5.41 Å². The minimum atomic E-state index is -1.23. The molecule has 2 rings (SSSR count). The summed E-state index contributed by atoms with van der Waals surface area (Å²) in [7, 11) is 0. The Morgan fingerprint density at radius 1 is 0.852 bits per heavy atom. The Balaban J connectivity index is 2.28. The molecule has 4 nitrogen and oxygen atoms in total. The Hall–Kier alpha value is -2.79. The molecule has 0 spiro atoms. The van der Waals surface area contributed by atoms with E-state index in [1.807, 2.05) is 60.7 Å². The van der Waals surface area contributed by atoms with Crippen molar-refractivity contribution in [2.45, 2.75) is 6.42 Å². The number of hydrogen-bond acceptors (Lipinski definition) is 3. The molecule has 0 saturated heterocycles. The molecule has 27 heavy (non-hydrogen) atoms. The van der Waals surface area contributed by atoms with Crippen LogP contribution in [-0.4, -0.2) is 33.7 Å². The lowest BCUT2D eigenvalue weighted by molar-refractivity contribution is -0.142. The lowest BCUT2D eigenvalue weighted by atomic mass is 9.88. The molecular formula is C22H22O4S. The predicted molar refractivity (Wildman–Crippen MR) is 111 cm³/mol.